The van der Waals surface area contributed by atoms with E-state index in [1.165, 1.54) is 12.4 Å². The molecule has 3 aromatic rings. The van der Waals surface area contributed by atoms with Crippen LogP contribution in [0.25, 0.3) is 11.0 Å². The summed E-state index contributed by atoms with van der Waals surface area (Å²) in [7, 11) is 1.85. The van der Waals surface area contributed by atoms with Crippen molar-refractivity contribution < 1.29 is 4.39 Å². The van der Waals surface area contributed by atoms with Gasteiger partial charge < -0.3 is 0 Å². The first-order valence-electron chi connectivity index (χ1n) is 5.84. The van der Waals surface area contributed by atoms with Crippen molar-refractivity contribution in [1.82, 2.24) is 19.7 Å². The molecular weight excluding hydrogens is 343 g/mol. The van der Waals surface area contributed by atoms with Crippen molar-refractivity contribution in [1.29, 1.82) is 0 Å². The molecule has 0 unspecified atom stereocenters. The van der Waals surface area contributed by atoms with E-state index in [1.807, 2.05) is 7.05 Å². The molecule has 0 radical (unpaired) electrons. The molecule has 0 amide bonds. The van der Waals surface area contributed by atoms with Gasteiger partial charge in [0.15, 0.2) is 5.65 Å². The Balaban J connectivity index is 1.85. The third-order valence-corrected chi connectivity index (χ3v) is 4.54. The van der Waals surface area contributed by atoms with E-state index in [0.29, 0.717) is 10.2 Å². The summed E-state index contributed by atoms with van der Waals surface area (Å²) >= 11 is 4.78. The van der Waals surface area contributed by atoms with Crippen molar-refractivity contribution in [2.45, 2.75) is 10.8 Å². The molecule has 0 spiro atoms. The number of benzene rings is 1. The Labute approximate surface area is 127 Å². The molecule has 0 saturated heterocycles. The summed E-state index contributed by atoms with van der Waals surface area (Å²) < 4.78 is 15.4. The van der Waals surface area contributed by atoms with Crippen LogP contribution >= 0.6 is 27.7 Å². The summed E-state index contributed by atoms with van der Waals surface area (Å²) in [6, 6.07) is 5.01. The summed E-state index contributed by atoms with van der Waals surface area (Å²) in [5.41, 5.74) is 1.83. The van der Waals surface area contributed by atoms with Gasteiger partial charge in [-0.1, -0.05) is 6.07 Å². The maximum absolute atomic E-state index is 13.2. The van der Waals surface area contributed by atoms with Gasteiger partial charge in [0.25, 0.3) is 0 Å². The third-order valence-electron chi connectivity index (χ3n) is 2.85. The quantitative estimate of drug-likeness (QED) is 0.534. The first kappa shape index (κ1) is 13.5. The maximum atomic E-state index is 13.2. The summed E-state index contributed by atoms with van der Waals surface area (Å²) in [6.45, 7) is 0. The summed E-state index contributed by atoms with van der Waals surface area (Å²) in [6.07, 6.45) is 3.30. The topological polar surface area (TPSA) is 43.6 Å². The molecule has 102 valence electrons. The Hall–Kier alpha value is -1.47. The zero-order valence-electron chi connectivity index (χ0n) is 10.5. The predicted octanol–water partition coefficient (Wildman–Crippen LogP) is 3.56. The monoisotopic (exact) mass is 352 g/mol. The van der Waals surface area contributed by atoms with Crippen LogP contribution in [0.1, 0.15) is 5.56 Å². The highest BCUT2D eigenvalue weighted by Gasteiger charge is 2.09. The van der Waals surface area contributed by atoms with Crippen molar-refractivity contribution in [3.63, 3.8) is 0 Å². The number of aromatic nitrogens is 4. The minimum absolute atomic E-state index is 0.254. The number of halogens is 2. The van der Waals surface area contributed by atoms with E-state index in [0.717, 1.165) is 21.6 Å². The Bertz CT molecular complexity index is 774. The number of thioether (sulfide) groups is 1. The second-order valence-corrected chi connectivity index (χ2v) is 6.04. The molecule has 4 nitrogen and oxygen atoms in total. The smallest absolute Gasteiger partial charge is 0.162 e. The van der Waals surface area contributed by atoms with Crippen LogP contribution in [0.5, 0.6) is 0 Å². The zero-order valence-corrected chi connectivity index (χ0v) is 12.9. The van der Waals surface area contributed by atoms with Crippen molar-refractivity contribution in [2.24, 2.45) is 7.05 Å². The number of fused-ring (bicyclic) bond motifs is 1. The average Bonchev–Trinajstić information content (AvgIpc) is 2.83. The van der Waals surface area contributed by atoms with Gasteiger partial charge in [-0.3, -0.25) is 4.68 Å². The number of hydrogen-bond donors (Lipinski definition) is 0. The predicted molar refractivity (Wildman–Crippen MR) is 80.0 cm³/mol. The van der Waals surface area contributed by atoms with Gasteiger partial charge in [-0.2, -0.15) is 5.10 Å². The molecule has 0 atom stereocenters. The van der Waals surface area contributed by atoms with Gasteiger partial charge in [0.1, 0.15) is 17.2 Å². The van der Waals surface area contributed by atoms with E-state index in [2.05, 4.69) is 31.0 Å². The number of hydrogen-bond acceptors (Lipinski definition) is 4. The Morgan fingerprint density at radius 2 is 2.20 bits per heavy atom. The van der Waals surface area contributed by atoms with E-state index >= 15 is 0 Å². The Kier molecular flexibility index (Phi) is 3.71. The van der Waals surface area contributed by atoms with E-state index in [-0.39, 0.29) is 5.82 Å². The molecule has 1 aromatic carbocycles. The highest BCUT2D eigenvalue weighted by Crippen LogP contribution is 2.28. The maximum Gasteiger partial charge on any atom is 0.162 e. The largest absolute Gasteiger partial charge is 0.250 e. The van der Waals surface area contributed by atoms with Gasteiger partial charge in [-0.05, 0) is 33.6 Å². The minimum Gasteiger partial charge on any atom is -0.250 e. The van der Waals surface area contributed by atoms with Gasteiger partial charge in [0, 0.05) is 12.8 Å². The lowest BCUT2D eigenvalue weighted by molar-refractivity contribution is 0.620. The normalized spacial score (nSPS) is 11.2. The molecule has 3 rings (SSSR count). The van der Waals surface area contributed by atoms with Crippen molar-refractivity contribution in [2.75, 3.05) is 0 Å². The highest BCUT2D eigenvalue weighted by molar-refractivity contribution is 9.10. The SMILES string of the molecule is Cn1ncc2c(SCc3ccc(F)c(Br)c3)ncnc21. The molecule has 0 N–H and O–H groups in total. The van der Waals surface area contributed by atoms with Crippen LogP contribution in [0.15, 0.2) is 40.2 Å². The molecule has 0 aliphatic rings. The van der Waals surface area contributed by atoms with E-state index in [9.17, 15) is 4.39 Å². The Morgan fingerprint density at radius 3 is 3.00 bits per heavy atom. The molecular formula is C13H10BrFN4S. The second-order valence-electron chi connectivity index (χ2n) is 4.22. The van der Waals surface area contributed by atoms with Crippen LogP contribution in [-0.2, 0) is 12.8 Å². The van der Waals surface area contributed by atoms with Crippen LogP contribution in [-0.4, -0.2) is 19.7 Å². The number of aryl methyl sites for hydroxylation is 1. The standard InChI is InChI=1S/C13H10BrFN4S/c1-19-12-9(5-18-19)13(17-7-16-12)20-6-8-2-3-11(15)10(14)4-8/h2-5,7H,6H2,1H3. The lowest BCUT2D eigenvalue weighted by atomic mass is 10.2. The number of nitrogens with zero attached hydrogens (tertiary/aromatic N) is 4. The van der Waals surface area contributed by atoms with Crippen molar-refractivity contribution in [3.05, 3.63) is 46.6 Å². The molecule has 2 heterocycles. The molecule has 0 aliphatic heterocycles. The van der Waals surface area contributed by atoms with Crippen molar-refractivity contribution in [3.8, 4) is 0 Å². The second kappa shape index (κ2) is 5.49. The fraction of sp³-hybridized carbons (Fsp3) is 0.154. The third kappa shape index (κ3) is 2.55. The molecule has 0 saturated carbocycles. The lowest BCUT2D eigenvalue weighted by Gasteiger charge is -2.03. The molecule has 2 aromatic heterocycles. The van der Waals surface area contributed by atoms with Crippen LogP contribution in [0.2, 0.25) is 0 Å². The number of rotatable bonds is 3. The molecule has 0 bridgehead atoms. The van der Waals surface area contributed by atoms with Crippen LogP contribution in [0.3, 0.4) is 0 Å². The minimum atomic E-state index is -0.254. The van der Waals surface area contributed by atoms with Gasteiger partial charge in [-0.15, -0.1) is 11.8 Å². The lowest BCUT2D eigenvalue weighted by Crippen LogP contribution is -1.93. The average molecular weight is 353 g/mol. The van der Waals surface area contributed by atoms with Crippen LogP contribution in [0.4, 0.5) is 4.39 Å². The van der Waals surface area contributed by atoms with Gasteiger partial charge in [0.05, 0.1) is 16.1 Å². The first-order valence-corrected chi connectivity index (χ1v) is 7.62. The molecule has 7 heteroatoms. The van der Waals surface area contributed by atoms with Crippen LogP contribution < -0.4 is 0 Å². The first-order chi connectivity index (χ1) is 9.65. The summed E-state index contributed by atoms with van der Waals surface area (Å²) in [4.78, 5) is 8.49. The van der Waals surface area contributed by atoms with E-state index < -0.39 is 0 Å². The molecule has 0 aliphatic carbocycles. The highest BCUT2D eigenvalue weighted by atomic mass is 79.9. The van der Waals surface area contributed by atoms with Gasteiger partial charge in [0.2, 0.25) is 0 Å². The summed E-state index contributed by atoms with van der Waals surface area (Å²) in [5.74, 6) is 0.454. The fourth-order valence-corrected chi connectivity index (χ4v) is 3.17. The fourth-order valence-electron chi connectivity index (χ4n) is 1.84. The Morgan fingerprint density at radius 1 is 1.35 bits per heavy atom. The van der Waals surface area contributed by atoms with E-state index in [4.69, 9.17) is 0 Å². The van der Waals surface area contributed by atoms with Gasteiger partial charge >= 0.3 is 0 Å². The molecule has 0 fully saturated rings. The molecule has 20 heavy (non-hydrogen) atoms. The van der Waals surface area contributed by atoms with Gasteiger partial charge in [-0.25, -0.2) is 14.4 Å². The van der Waals surface area contributed by atoms with Crippen molar-refractivity contribution >= 4 is 38.7 Å². The van der Waals surface area contributed by atoms with E-state index in [1.54, 1.807) is 34.8 Å². The zero-order chi connectivity index (χ0) is 14.1. The summed E-state index contributed by atoms with van der Waals surface area (Å²) in [5, 5.41) is 5.99. The van der Waals surface area contributed by atoms with Crippen LogP contribution in [0, 0.1) is 5.82 Å².